The molecule has 1 aromatic carbocycles. The molecule has 3 nitrogen and oxygen atoms in total. The Morgan fingerprint density at radius 3 is 2.77 bits per heavy atom. The molecule has 0 aromatic heterocycles. The van der Waals surface area contributed by atoms with Crippen molar-refractivity contribution in [3.05, 3.63) is 35.4 Å². The van der Waals surface area contributed by atoms with E-state index in [0.717, 1.165) is 11.8 Å². The Labute approximate surface area is 77.5 Å². The molecule has 0 aliphatic carbocycles. The van der Waals surface area contributed by atoms with E-state index in [4.69, 9.17) is 10.5 Å². The van der Waals surface area contributed by atoms with Crippen LogP contribution < -0.4 is 5.73 Å². The van der Waals surface area contributed by atoms with E-state index < -0.39 is 5.72 Å². The first kappa shape index (κ1) is 9.89. The molecule has 0 aliphatic heterocycles. The number of ether oxygens (including phenoxy) is 1. The average Bonchev–Trinajstić information content (AvgIpc) is 2.18. The van der Waals surface area contributed by atoms with Gasteiger partial charge in [-0.1, -0.05) is 18.2 Å². The number of nitrogens with two attached hydrogens (primary N) is 1. The molecule has 13 heavy (non-hydrogen) atoms. The Hall–Kier alpha value is -1.19. The summed E-state index contributed by atoms with van der Waals surface area (Å²) in [6, 6.07) is 7.05. The summed E-state index contributed by atoms with van der Waals surface area (Å²) in [5, 5.41) is 0. The number of carbonyl (C=O) groups excluding carboxylic acids is 1. The summed E-state index contributed by atoms with van der Waals surface area (Å²) in [7, 11) is 1.54. The summed E-state index contributed by atoms with van der Waals surface area (Å²) in [5.74, 6) is 0. The maximum Gasteiger partial charge on any atom is 0.150 e. The van der Waals surface area contributed by atoms with Crippen molar-refractivity contribution in [1.82, 2.24) is 0 Å². The van der Waals surface area contributed by atoms with Gasteiger partial charge in [-0.05, 0) is 18.6 Å². The first-order chi connectivity index (χ1) is 6.10. The molecule has 0 heterocycles. The minimum absolute atomic E-state index is 0.603. The van der Waals surface area contributed by atoms with Crippen LogP contribution in [0, 0.1) is 0 Å². The molecule has 1 atom stereocenters. The lowest BCUT2D eigenvalue weighted by molar-refractivity contribution is 0.00767. The van der Waals surface area contributed by atoms with Crippen LogP contribution in [0.3, 0.4) is 0 Å². The van der Waals surface area contributed by atoms with Crippen LogP contribution in [0.5, 0.6) is 0 Å². The molecule has 0 saturated heterocycles. The van der Waals surface area contributed by atoms with Gasteiger partial charge >= 0.3 is 0 Å². The molecule has 0 aliphatic rings. The minimum Gasteiger partial charge on any atom is -0.360 e. The number of carbonyl (C=O) groups is 1. The fourth-order valence-corrected chi connectivity index (χ4v) is 1.04. The van der Waals surface area contributed by atoms with E-state index in [2.05, 4.69) is 0 Å². The summed E-state index contributed by atoms with van der Waals surface area (Å²) in [5.41, 5.74) is 6.38. The van der Waals surface area contributed by atoms with Crippen molar-refractivity contribution in [3.63, 3.8) is 0 Å². The van der Waals surface area contributed by atoms with Gasteiger partial charge in [0.25, 0.3) is 0 Å². The highest BCUT2D eigenvalue weighted by Gasteiger charge is 2.19. The predicted octanol–water partition coefficient (Wildman–Crippen LogP) is 1.28. The molecule has 3 heteroatoms. The molecule has 0 saturated carbocycles. The zero-order chi connectivity index (χ0) is 9.90. The highest BCUT2D eigenvalue weighted by atomic mass is 16.5. The van der Waals surface area contributed by atoms with E-state index in [9.17, 15) is 4.79 Å². The lowest BCUT2D eigenvalue weighted by atomic mass is 10.0. The molecule has 0 bridgehead atoms. The van der Waals surface area contributed by atoms with Crippen molar-refractivity contribution in [2.75, 3.05) is 7.11 Å². The number of hydrogen-bond acceptors (Lipinski definition) is 3. The van der Waals surface area contributed by atoms with Gasteiger partial charge in [-0.3, -0.25) is 10.5 Å². The summed E-state index contributed by atoms with van der Waals surface area (Å²) >= 11 is 0. The van der Waals surface area contributed by atoms with Crippen molar-refractivity contribution in [2.24, 2.45) is 5.73 Å². The molecule has 0 spiro atoms. The minimum atomic E-state index is -0.834. The van der Waals surface area contributed by atoms with Crippen LogP contribution in [0.25, 0.3) is 0 Å². The molecule has 1 aromatic rings. The Morgan fingerprint density at radius 2 is 2.23 bits per heavy atom. The van der Waals surface area contributed by atoms with E-state index >= 15 is 0 Å². The molecule has 0 amide bonds. The zero-order valence-electron chi connectivity index (χ0n) is 7.78. The first-order valence-corrected chi connectivity index (χ1v) is 4.00. The van der Waals surface area contributed by atoms with Gasteiger partial charge < -0.3 is 4.74 Å². The van der Waals surface area contributed by atoms with Gasteiger partial charge in [-0.25, -0.2) is 0 Å². The third kappa shape index (κ3) is 2.14. The normalized spacial score (nSPS) is 15.0. The van der Waals surface area contributed by atoms with E-state index in [-0.39, 0.29) is 0 Å². The molecular formula is C10H13NO2. The Morgan fingerprint density at radius 1 is 1.54 bits per heavy atom. The average molecular weight is 179 g/mol. The number of aldehydes is 1. The highest BCUT2D eigenvalue weighted by Crippen LogP contribution is 2.18. The number of hydrogen-bond donors (Lipinski definition) is 1. The third-order valence-corrected chi connectivity index (χ3v) is 2.02. The predicted molar refractivity (Wildman–Crippen MR) is 50.4 cm³/mol. The Kier molecular flexibility index (Phi) is 2.80. The second-order valence-corrected chi connectivity index (χ2v) is 3.05. The zero-order valence-corrected chi connectivity index (χ0v) is 7.78. The van der Waals surface area contributed by atoms with Crippen LogP contribution in [0.2, 0.25) is 0 Å². The van der Waals surface area contributed by atoms with E-state index in [1.807, 2.05) is 6.07 Å². The van der Waals surface area contributed by atoms with Crippen LogP contribution >= 0.6 is 0 Å². The molecule has 0 fully saturated rings. The fourth-order valence-electron chi connectivity index (χ4n) is 1.04. The van der Waals surface area contributed by atoms with Crippen molar-refractivity contribution in [1.29, 1.82) is 0 Å². The van der Waals surface area contributed by atoms with Gasteiger partial charge in [0.15, 0.2) is 0 Å². The van der Waals surface area contributed by atoms with Crippen molar-refractivity contribution in [3.8, 4) is 0 Å². The van der Waals surface area contributed by atoms with Crippen LogP contribution in [-0.4, -0.2) is 13.4 Å². The maximum absolute atomic E-state index is 10.5. The first-order valence-electron chi connectivity index (χ1n) is 4.00. The van der Waals surface area contributed by atoms with Gasteiger partial charge in [0.1, 0.15) is 12.0 Å². The fraction of sp³-hybridized carbons (Fsp3) is 0.300. The molecule has 70 valence electrons. The van der Waals surface area contributed by atoms with Crippen molar-refractivity contribution in [2.45, 2.75) is 12.6 Å². The largest absolute Gasteiger partial charge is 0.360 e. The highest BCUT2D eigenvalue weighted by molar-refractivity contribution is 5.75. The SMILES string of the molecule is CO[C@@](C)(N)c1cccc(C=O)c1. The molecule has 0 radical (unpaired) electrons. The Balaban J connectivity index is 3.08. The molecular weight excluding hydrogens is 166 g/mol. The van der Waals surface area contributed by atoms with Crippen LogP contribution in [0.4, 0.5) is 0 Å². The Bertz CT molecular complexity index is 308. The topological polar surface area (TPSA) is 52.3 Å². The monoisotopic (exact) mass is 179 g/mol. The van der Waals surface area contributed by atoms with Gasteiger partial charge in [-0.15, -0.1) is 0 Å². The lowest BCUT2D eigenvalue weighted by Gasteiger charge is -2.23. The smallest absolute Gasteiger partial charge is 0.150 e. The van der Waals surface area contributed by atoms with Crippen molar-refractivity contribution >= 4 is 6.29 Å². The van der Waals surface area contributed by atoms with E-state index in [0.29, 0.717) is 5.56 Å². The van der Waals surface area contributed by atoms with Gasteiger partial charge in [0.05, 0.1) is 0 Å². The summed E-state index contributed by atoms with van der Waals surface area (Å²) in [6.45, 7) is 1.75. The quantitative estimate of drug-likeness (QED) is 0.561. The standard InChI is InChI=1S/C10H13NO2/c1-10(11,13-2)9-5-3-4-8(6-9)7-12/h3-7H,11H2,1-2H3/t10-/m1/s1. The molecule has 0 unspecified atom stereocenters. The summed E-state index contributed by atoms with van der Waals surface area (Å²) < 4.78 is 5.09. The second kappa shape index (κ2) is 3.68. The van der Waals surface area contributed by atoms with Gasteiger partial charge in [0, 0.05) is 12.7 Å². The van der Waals surface area contributed by atoms with E-state index in [1.165, 1.54) is 7.11 Å². The number of benzene rings is 1. The van der Waals surface area contributed by atoms with Crippen LogP contribution in [0.15, 0.2) is 24.3 Å². The van der Waals surface area contributed by atoms with Gasteiger partial charge in [0.2, 0.25) is 0 Å². The summed E-state index contributed by atoms with van der Waals surface area (Å²) in [6.07, 6.45) is 0.787. The molecule has 2 N–H and O–H groups in total. The summed E-state index contributed by atoms with van der Waals surface area (Å²) in [4.78, 5) is 10.5. The van der Waals surface area contributed by atoms with Crippen molar-refractivity contribution < 1.29 is 9.53 Å². The van der Waals surface area contributed by atoms with Crippen LogP contribution in [-0.2, 0) is 10.5 Å². The van der Waals surface area contributed by atoms with E-state index in [1.54, 1.807) is 25.1 Å². The molecule has 1 rings (SSSR count). The number of rotatable bonds is 3. The maximum atomic E-state index is 10.5. The lowest BCUT2D eigenvalue weighted by Crippen LogP contribution is -2.34. The third-order valence-electron chi connectivity index (χ3n) is 2.02. The number of methoxy groups -OCH3 is 1. The van der Waals surface area contributed by atoms with Gasteiger partial charge in [-0.2, -0.15) is 0 Å². The second-order valence-electron chi connectivity index (χ2n) is 3.05. The van der Waals surface area contributed by atoms with Crippen LogP contribution in [0.1, 0.15) is 22.8 Å².